The first-order chi connectivity index (χ1) is 19.0. The topological polar surface area (TPSA) is 68.3 Å². The maximum Gasteiger partial charge on any atom is 0.231 e. The van der Waals surface area contributed by atoms with Gasteiger partial charge in [-0.2, -0.15) is 0 Å². The highest BCUT2D eigenvalue weighted by molar-refractivity contribution is 5.98. The Morgan fingerprint density at radius 2 is 1.69 bits per heavy atom. The van der Waals surface area contributed by atoms with Gasteiger partial charge in [-0.15, -0.1) is 0 Å². The molecule has 7 heteroatoms. The summed E-state index contributed by atoms with van der Waals surface area (Å²) in [6, 6.07) is 20.5. The normalized spacial score (nSPS) is 16.9. The molecular weight excluding hydrogens is 492 g/mol. The third-order valence-corrected chi connectivity index (χ3v) is 8.51. The number of piperidine rings is 1. The van der Waals surface area contributed by atoms with Crippen molar-refractivity contribution >= 4 is 17.5 Å². The van der Waals surface area contributed by atoms with Crippen molar-refractivity contribution in [2.45, 2.75) is 44.4 Å². The first-order valence-corrected chi connectivity index (χ1v) is 13.7. The molecule has 1 saturated heterocycles. The molecule has 202 valence electrons. The Bertz CT molecular complexity index is 1400. The first-order valence-electron chi connectivity index (χ1n) is 13.7. The molecule has 2 amide bonds. The number of rotatable bonds is 6. The molecule has 0 N–H and O–H groups in total. The van der Waals surface area contributed by atoms with E-state index in [2.05, 4.69) is 36.4 Å². The van der Waals surface area contributed by atoms with Crippen LogP contribution in [0, 0.1) is 0 Å². The minimum Gasteiger partial charge on any atom is -0.496 e. The molecule has 0 aliphatic carbocycles. The molecule has 6 rings (SSSR count). The number of methoxy groups -OCH3 is 1. The zero-order chi connectivity index (χ0) is 27.0. The van der Waals surface area contributed by atoms with Gasteiger partial charge >= 0.3 is 0 Å². The van der Waals surface area contributed by atoms with E-state index in [9.17, 15) is 9.59 Å². The minimum atomic E-state index is -0.197. The second-order valence-corrected chi connectivity index (χ2v) is 10.8. The van der Waals surface area contributed by atoms with E-state index >= 15 is 0 Å². The zero-order valence-electron chi connectivity index (χ0n) is 22.6. The molecule has 1 fully saturated rings. The largest absolute Gasteiger partial charge is 0.496 e. The molecule has 0 atom stereocenters. The molecule has 0 saturated carbocycles. The van der Waals surface area contributed by atoms with Crippen LogP contribution < -0.4 is 19.1 Å². The van der Waals surface area contributed by atoms with Crippen LogP contribution in [0.3, 0.4) is 0 Å². The van der Waals surface area contributed by atoms with Gasteiger partial charge in [0.2, 0.25) is 18.6 Å². The zero-order valence-corrected chi connectivity index (χ0v) is 22.6. The number of ether oxygens (including phenoxy) is 3. The molecule has 0 radical (unpaired) electrons. The van der Waals surface area contributed by atoms with Crippen molar-refractivity contribution in [3.05, 3.63) is 82.9 Å². The van der Waals surface area contributed by atoms with E-state index in [1.807, 2.05) is 34.1 Å². The van der Waals surface area contributed by atoms with Gasteiger partial charge in [-0.1, -0.05) is 36.4 Å². The van der Waals surface area contributed by atoms with Gasteiger partial charge in [0.25, 0.3) is 0 Å². The van der Waals surface area contributed by atoms with Crippen LogP contribution in [-0.4, -0.2) is 50.3 Å². The van der Waals surface area contributed by atoms with Crippen molar-refractivity contribution in [1.29, 1.82) is 0 Å². The van der Waals surface area contributed by atoms with Crippen LogP contribution in [0.2, 0.25) is 0 Å². The van der Waals surface area contributed by atoms with Gasteiger partial charge in [-0.05, 0) is 72.2 Å². The predicted molar refractivity (Wildman–Crippen MR) is 149 cm³/mol. The quantitative estimate of drug-likeness (QED) is 0.467. The van der Waals surface area contributed by atoms with Crippen molar-refractivity contribution in [3.8, 4) is 17.2 Å². The molecule has 3 aliphatic rings. The Kier molecular flexibility index (Phi) is 6.67. The average Bonchev–Trinajstić information content (AvgIpc) is 3.54. The smallest absolute Gasteiger partial charge is 0.231 e. The lowest BCUT2D eigenvalue weighted by Gasteiger charge is -2.39. The van der Waals surface area contributed by atoms with Crippen molar-refractivity contribution < 1.29 is 23.8 Å². The van der Waals surface area contributed by atoms with Gasteiger partial charge in [-0.25, -0.2) is 0 Å². The van der Waals surface area contributed by atoms with E-state index in [0.29, 0.717) is 31.1 Å². The molecule has 0 aromatic heterocycles. The number of hydrogen-bond acceptors (Lipinski definition) is 5. The van der Waals surface area contributed by atoms with Gasteiger partial charge in [0.15, 0.2) is 11.5 Å². The Morgan fingerprint density at radius 1 is 0.923 bits per heavy atom. The molecule has 3 aromatic carbocycles. The summed E-state index contributed by atoms with van der Waals surface area (Å²) in [4.78, 5) is 29.8. The van der Waals surface area contributed by atoms with Crippen LogP contribution in [0.25, 0.3) is 0 Å². The average molecular weight is 527 g/mol. The van der Waals surface area contributed by atoms with Crippen LogP contribution in [-0.2, 0) is 34.3 Å². The van der Waals surface area contributed by atoms with Crippen LogP contribution in [0.15, 0.2) is 60.7 Å². The number of hydrogen-bond donors (Lipinski definition) is 0. The fourth-order valence-electron chi connectivity index (χ4n) is 6.26. The molecule has 1 spiro atoms. The third-order valence-electron chi connectivity index (χ3n) is 8.51. The van der Waals surface area contributed by atoms with Gasteiger partial charge in [0.05, 0.1) is 13.5 Å². The highest BCUT2D eigenvalue weighted by Crippen LogP contribution is 2.49. The highest BCUT2D eigenvalue weighted by atomic mass is 16.7. The number of anilines is 1. The molecule has 0 unspecified atom stereocenters. The van der Waals surface area contributed by atoms with E-state index in [1.54, 1.807) is 14.0 Å². The summed E-state index contributed by atoms with van der Waals surface area (Å²) in [5, 5.41) is 0. The van der Waals surface area contributed by atoms with Crippen molar-refractivity contribution in [2.75, 3.05) is 38.4 Å². The van der Waals surface area contributed by atoms with Gasteiger partial charge in [0.1, 0.15) is 5.75 Å². The Hall–Kier alpha value is -4.00. The number of fused-ring (bicyclic) bond motifs is 3. The van der Waals surface area contributed by atoms with Crippen LogP contribution in [0.4, 0.5) is 5.69 Å². The number of aryl methyl sites for hydroxylation is 2. The van der Waals surface area contributed by atoms with Crippen molar-refractivity contribution in [3.63, 3.8) is 0 Å². The molecule has 3 aromatic rings. The monoisotopic (exact) mass is 526 g/mol. The number of amides is 2. The molecule has 7 nitrogen and oxygen atoms in total. The maximum atomic E-state index is 13.9. The molecule has 3 aliphatic heterocycles. The first kappa shape index (κ1) is 25.3. The lowest BCUT2D eigenvalue weighted by molar-refractivity contribution is -0.130. The highest BCUT2D eigenvalue weighted by Gasteiger charge is 2.47. The van der Waals surface area contributed by atoms with Crippen LogP contribution >= 0.6 is 0 Å². The van der Waals surface area contributed by atoms with E-state index in [4.69, 9.17) is 14.2 Å². The lowest BCUT2D eigenvalue weighted by Crippen LogP contribution is -2.47. The van der Waals surface area contributed by atoms with Crippen LogP contribution in [0.1, 0.15) is 42.0 Å². The second-order valence-electron chi connectivity index (χ2n) is 10.8. The van der Waals surface area contributed by atoms with E-state index < -0.39 is 0 Å². The van der Waals surface area contributed by atoms with Gasteiger partial charge in [-0.3, -0.25) is 9.59 Å². The molecular formula is C32H34N2O5. The SMILES string of the molecule is COc1cc2c(cc1CCc1ccccc1)N(C(=O)Cc1ccc3c(c1)OCO3)CC21CCN(C(C)=O)CC1. The Morgan fingerprint density at radius 3 is 2.44 bits per heavy atom. The number of benzene rings is 3. The molecule has 39 heavy (non-hydrogen) atoms. The Balaban J connectivity index is 1.32. The molecule has 0 bridgehead atoms. The summed E-state index contributed by atoms with van der Waals surface area (Å²) >= 11 is 0. The second kappa shape index (κ2) is 10.3. The summed E-state index contributed by atoms with van der Waals surface area (Å²) in [5.74, 6) is 2.42. The number of nitrogens with zero attached hydrogens (tertiary/aromatic N) is 2. The fourth-order valence-corrected chi connectivity index (χ4v) is 6.26. The Labute approximate surface area is 229 Å². The summed E-state index contributed by atoms with van der Waals surface area (Å²) in [7, 11) is 1.72. The van der Waals surface area contributed by atoms with E-state index in [0.717, 1.165) is 53.8 Å². The van der Waals surface area contributed by atoms with Crippen LogP contribution in [0.5, 0.6) is 17.2 Å². The van der Waals surface area contributed by atoms with Crippen molar-refractivity contribution in [2.24, 2.45) is 0 Å². The maximum absolute atomic E-state index is 13.9. The minimum absolute atomic E-state index is 0.0557. The summed E-state index contributed by atoms with van der Waals surface area (Å²) in [5.41, 5.74) is 5.20. The summed E-state index contributed by atoms with van der Waals surface area (Å²) in [6.07, 6.45) is 3.62. The fraction of sp³-hybridized carbons (Fsp3) is 0.375. The summed E-state index contributed by atoms with van der Waals surface area (Å²) < 4.78 is 16.9. The van der Waals surface area contributed by atoms with Gasteiger partial charge < -0.3 is 24.0 Å². The van der Waals surface area contributed by atoms with Gasteiger partial charge in [0, 0.05) is 37.7 Å². The standard InChI is InChI=1S/C32H34N2O5/c1-22(35)33-14-12-32(13-15-33)20-34(31(36)17-24-9-11-28-30(16-24)39-21-38-28)27-18-25(29(37-2)19-26(27)32)10-8-23-6-4-3-5-7-23/h3-7,9,11,16,18-19H,8,10,12-15,17,20-21H2,1-2H3. The van der Waals surface area contributed by atoms with Crippen molar-refractivity contribution in [1.82, 2.24) is 4.90 Å². The van der Waals surface area contributed by atoms with E-state index in [1.165, 1.54) is 5.56 Å². The summed E-state index contributed by atoms with van der Waals surface area (Å²) in [6.45, 7) is 3.83. The number of carbonyl (C=O) groups excluding carboxylic acids is 2. The third kappa shape index (κ3) is 4.82. The van der Waals surface area contributed by atoms with E-state index in [-0.39, 0.29) is 30.4 Å². The number of carbonyl (C=O) groups is 2. The lowest BCUT2D eigenvalue weighted by atomic mass is 9.74. The number of likely N-dealkylation sites (tertiary alicyclic amines) is 1. The molecule has 3 heterocycles. The predicted octanol–water partition coefficient (Wildman–Crippen LogP) is 4.68.